The minimum absolute atomic E-state index is 0.0784. The van der Waals surface area contributed by atoms with Gasteiger partial charge in [-0.15, -0.1) is 0 Å². The molecule has 7 nitrogen and oxygen atoms in total. The van der Waals surface area contributed by atoms with Gasteiger partial charge in [0.15, 0.2) is 5.13 Å². The van der Waals surface area contributed by atoms with Crippen LogP contribution < -0.4 is 4.90 Å². The van der Waals surface area contributed by atoms with Gasteiger partial charge in [-0.05, 0) is 73.0 Å². The van der Waals surface area contributed by atoms with Gasteiger partial charge in [-0.2, -0.15) is 0 Å². The first-order valence-electron chi connectivity index (χ1n) is 11.3. The van der Waals surface area contributed by atoms with Gasteiger partial charge in [0.05, 0.1) is 34.5 Å². The molecule has 0 saturated carbocycles. The monoisotopic (exact) mass is 532 g/mol. The maximum atomic E-state index is 13.4. The third-order valence-corrected chi connectivity index (χ3v) is 7.49. The minimum atomic E-state index is -0.968. The normalized spacial score (nSPS) is 17.0. The molecule has 3 aromatic carbocycles. The fourth-order valence-corrected chi connectivity index (χ4v) is 5.78. The number of aliphatic hydroxyl groups excluding tert-OH is 1. The van der Waals surface area contributed by atoms with Crippen molar-refractivity contribution in [1.82, 2.24) is 4.98 Å². The lowest BCUT2D eigenvalue weighted by Crippen LogP contribution is -2.29. The quantitative estimate of drug-likeness (QED) is 0.150. The number of carbonyl (C=O) groups excluding carboxylic acids is 3. The average Bonchev–Trinajstić information content (AvgIpc) is 3.42. The number of rotatable bonds is 4. The van der Waals surface area contributed by atoms with E-state index in [9.17, 15) is 19.5 Å². The summed E-state index contributed by atoms with van der Waals surface area (Å²) < 4.78 is 5.66. The van der Waals surface area contributed by atoms with Gasteiger partial charge in [0, 0.05) is 10.6 Å². The maximum absolute atomic E-state index is 13.4. The standard InChI is InChI=1S/C28H21ClN2O5S/c1-14-12-15(2)22-20(13-14)37-28(30-22)31-23(16-4-6-18(7-5-16)27(35)36-3)21(25(33)26(31)34)24(32)17-8-10-19(29)11-9-17/h4-13,23,32H,1-3H3/t23-/m0/s1. The molecule has 1 amide bonds. The average molecular weight is 533 g/mol. The molecule has 0 aliphatic carbocycles. The van der Waals surface area contributed by atoms with Gasteiger partial charge in [-0.3, -0.25) is 14.5 Å². The van der Waals surface area contributed by atoms with Crippen molar-refractivity contribution >= 4 is 61.7 Å². The van der Waals surface area contributed by atoms with E-state index in [0.29, 0.717) is 26.8 Å². The number of thiazole rings is 1. The van der Waals surface area contributed by atoms with Gasteiger partial charge < -0.3 is 9.84 Å². The van der Waals surface area contributed by atoms with E-state index in [1.165, 1.54) is 23.3 Å². The van der Waals surface area contributed by atoms with Crippen molar-refractivity contribution < 1.29 is 24.2 Å². The molecular weight excluding hydrogens is 512 g/mol. The van der Waals surface area contributed by atoms with Gasteiger partial charge in [-0.1, -0.05) is 41.1 Å². The summed E-state index contributed by atoms with van der Waals surface area (Å²) in [5, 5.41) is 12.0. The number of esters is 1. The molecule has 9 heteroatoms. The van der Waals surface area contributed by atoms with E-state index in [0.717, 1.165) is 21.3 Å². The molecule has 5 rings (SSSR count). The summed E-state index contributed by atoms with van der Waals surface area (Å²) in [5.74, 6) is -2.47. The number of nitrogens with zero attached hydrogens (tertiary/aromatic N) is 2. The highest BCUT2D eigenvalue weighted by Crippen LogP contribution is 2.44. The summed E-state index contributed by atoms with van der Waals surface area (Å²) >= 11 is 7.30. The van der Waals surface area contributed by atoms with Crippen molar-refractivity contribution in [1.29, 1.82) is 0 Å². The number of hydrogen-bond donors (Lipinski definition) is 1. The van der Waals surface area contributed by atoms with Crippen LogP contribution in [0.4, 0.5) is 5.13 Å². The van der Waals surface area contributed by atoms with E-state index in [1.54, 1.807) is 48.5 Å². The summed E-state index contributed by atoms with van der Waals surface area (Å²) in [6, 6.07) is 15.7. The predicted molar refractivity (Wildman–Crippen MR) is 143 cm³/mol. The zero-order valence-electron chi connectivity index (χ0n) is 20.1. The van der Waals surface area contributed by atoms with Crippen LogP contribution in [-0.2, 0) is 14.3 Å². The number of benzene rings is 3. The van der Waals surface area contributed by atoms with Crippen LogP contribution in [0, 0.1) is 13.8 Å². The molecule has 1 N–H and O–H groups in total. The highest BCUT2D eigenvalue weighted by molar-refractivity contribution is 7.22. The summed E-state index contributed by atoms with van der Waals surface area (Å²) in [7, 11) is 1.29. The fraction of sp³-hybridized carbons (Fsp3) is 0.143. The van der Waals surface area contributed by atoms with Crippen molar-refractivity contribution in [2.45, 2.75) is 19.9 Å². The molecule has 186 valence electrons. The second-order valence-corrected chi connectivity index (χ2v) is 10.2. The zero-order chi connectivity index (χ0) is 26.4. The number of hydrogen-bond acceptors (Lipinski definition) is 7. The fourth-order valence-electron chi connectivity index (χ4n) is 4.49. The lowest BCUT2D eigenvalue weighted by Gasteiger charge is -2.23. The van der Waals surface area contributed by atoms with Gasteiger partial charge in [0.2, 0.25) is 0 Å². The van der Waals surface area contributed by atoms with Crippen molar-refractivity contribution in [2.24, 2.45) is 0 Å². The van der Waals surface area contributed by atoms with Crippen molar-refractivity contribution in [3.63, 3.8) is 0 Å². The van der Waals surface area contributed by atoms with Crippen molar-refractivity contribution in [3.8, 4) is 0 Å². The first-order valence-corrected chi connectivity index (χ1v) is 12.5. The molecule has 37 heavy (non-hydrogen) atoms. The molecule has 2 heterocycles. The van der Waals surface area contributed by atoms with Crippen LogP contribution in [0.5, 0.6) is 0 Å². The largest absolute Gasteiger partial charge is 0.507 e. The molecular formula is C28H21ClN2O5S. The predicted octanol–water partition coefficient (Wildman–Crippen LogP) is 5.98. The summed E-state index contributed by atoms with van der Waals surface area (Å²) in [6.45, 7) is 3.92. The lowest BCUT2D eigenvalue weighted by molar-refractivity contribution is -0.132. The molecule has 1 aromatic heterocycles. The van der Waals surface area contributed by atoms with E-state index < -0.39 is 23.7 Å². The number of fused-ring (bicyclic) bond motifs is 1. The second kappa shape index (κ2) is 9.46. The molecule has 1 fully saturated rings. The number of methoxy groups -OCH3 is 1. The number of aromatic nitrogens is 1. The van der Waals surface area contributed by atoms with Crippen LogP contribution in [0.2, 0.25) is 5.02 Å². The number of Topliss-reactive ketones (excluding diaryl/α,β-unsaturated/α-hetero) is 1. The van der Waals surface area contributed by atoms with E-state index in [2.05, 4.69) is 0 Å². The topological polar surface area (TPSA) is 96.8 Å². The smallest absolute Gasteiger partial charge is 0.337 e. The van der Waals surface area contributed by atoms with Crippen LogP contribution in [0.25, 0.3) is 16.0 Å². The third kappa shape index (κ3) is 4.28. The van der Waals surface area contributed by atoms with E-state index in [1.807, 2.05) is 26.0 Å². The number of ether oxygens (including phenoxy) is 1. The van der Waals surface area contributed by atoms with Gasteiger partial charge >= 0.3 is 11.9 Å². The van der Waals surface area contributed by atoms with Gasteiger partial charge in [0.1, 0.15) is 5.76 Å². The van der Waals surface area contributed by atoms with Crippen molar-refractivity contribution in [2.75, 3.05) is 12.0 Å². The molecule has 0 bridgehead atoms. The van der Waals surface area contributed by atoms with Crippen LogP contribution in [-0.4, -0.2) is 34.9 Å². The van der Waals surface area contributed by atoms with Crippen LogP contribution in [0.1, 0.15) is 38.7 Å². The van der Waals surface area contributed by atoms with E-state index in [-0.39, 0.29) is 11.3 Å². The van der Waals surface area contributed by atoms with Crippen molar-refractivity contribution in [3.05, 3.63) is 99.1 Å². The Morgan fingerprint density at radius 2 is 1.68 bits per heavy atom. The Morgan fingerprint density at radius 1 is 1.03 bits per heavy atom. The Morgan fingerprint density at radius 3 is 2.32 bits per heavy atom. The highest BCUT2D eigenvalue weighted by Gasteiger charge is 2.48. The summed E-state index contributed by atoms with van der Waals surface area (Å²) in [6.07, 6.45) is 0. The Balaban J connectivity index is 1.72. The van der Waals surface area contributed by atoms with Gasteiger partial charge in [0.25, 0.3) is 5.78 Å². The highest BCUT2D eigenvalue weighted by atomic mass is 35.5. The molecule has 0 spiro atoms. The third-order valence-electron chi connectivity index (χ3n) is 6.23. The molecule has 1 saturated heterocycles. The molecule has 0 unspecified atom stereocenters. The molecule has 1 atom stereocenters. The summed E-state index contributed by atoms with van der Waals surface area (Å²) in [4.78, 5) is 44.8. The number of ketones is 1. The van der Waals surface area contributed by atoms with Gasteiger partial charge in [-0.25, -0.2) is 9.78 Å². The first-order chi connectivity index (χ1) is 17.7. The Kier molecular flexibility index (Phi) is 6.31. The number of anilines is 1. The number of aliphatic hydroxyl groups is 1. The maximum Gasteiger partial charge on any atom is 0.337 e. The van der Waals surface area contributed by atoms with E-state index in [4.69, 9.17) is 21.3 Å². The minimum Gasteiger partial charge on any atom is -0.507 e. The van der Waals surface area contributed by atoms with Crippen LogP contribution >= 0.6 is 22.9 Å². The zero-order valence-corrected chi connectivity index (χ0v) is 21.7. The lowest BCUT2D eigenvalue weighted by atomic mass is 9.95. The molecule has 4 aromatic rings. The van der Waals surface area contributed by atoms with Crippen LogP contribution in [0.3, 0.4) is 0 Å². The van der Waals surface area contributed by atoms with E-state index >= 15 is 0 Å². The number of carbonyl (C=O) groups is 3. The Labute approximate surface area is 221 Å². The SMILES string of the molecule is COC(=O)c1ccc([C@H]2C(=C(O)c3ccc(Cl)cc3)C(=O)C(=O)N2c2nc3c(C)cc(C)cc3s2)cc1. The molecule has 0 radical (unpaired) electrons. The molecule has 1 aliphatic rings. The number of halogens is 1. The summed E-state index contributed by atoms with van der Waals surface area (Å²) in [5.41, 5.74) is 3.85. The van der Waals surface area contributed by atoms with Crippen LogP contribution in [0.15, 0.2) is 66.2 Å². The first kappa shape index (κ1) is 24.7. The molecule has 1 aliphatic heterocycles. The Bertz CT molecular complexity index is 1610. The Hall–Kier alpha value is -4.01. The number of aryl methyl sites for hydroxylation is 2. The number of amides is 1. The second-order valence-electron chi connectivity index (χ2n) is 8.71.